The molecule has 0 aromatic carbocycles. The molecule has 2 heterocycles. The van der Waals surface area contributed by atoms with Crippen LogP contribution in [0, 0.1) is 5.92 Å². The van der Waals surface area contributed by atoms with Gasteiger partial charge in [0, 0.05) is 19.3 Å². The molecule has 5 heteroatoms. The topological polar surface area (TPSA) is 74.4 Å². The Balaban J connectivity index is 1.93. The van der Waals surface area contributed by atoms with E-state index in [-0.39, 0.29) is 6.10 Å². The number of hydrogen-bond donors (Lipinski definition) is 3. The highest BCUT2D eigenvalue weighted by atomic mass is 16.3. The van der Waals surface area contributed by atoms with Crippen molar-refractivity contribution in [3.8, 4) is 0 Å². The van der Waals surface area contributed by atoms with Crippen molar-refractivity contribution >= 4 is 5.69 Å². The summed E-state index contributed by atoms with van der Waals surface area (Å²) < 4.78 is 0. The molecule has 1 aromatic rings. The molecule has 0 aliphatic carbocycles. The van der Waals surface area contributed by atoms with Gasteiger partial charge in [0.25, 0.3) is 0 Å². The van der Waals surface area contributed by atoms with Gasteiger partial charge in [0.2, 0.25) is 0 Å². The lowest BCUT2D eigenvalue weighted by Gasteiger charge is -2.17. The zero-order valence-electron chi connectivity index (χ0n) is 10.1. The van der Waals surface area contributed by atoms with Gasteiger partial charge in [-0.05, 0) is 37.9 Å². The smallest absolute Gasteiger partial charge is 0.0564 e. The SMILES string of the molecule is CC(O)C1CCN(Cc2cc(NN)ccn2)C1. The summed E-state index contributed by atoms with van der Waals surface area (Å²) in [6.07, 6.45) is 2.60. The van der Waals surface area contributed by atoms with E-state index < -0.39 is 0 Å². The van der Waals surface area contributed by atoms with Crippen molar-refractivity contribution in [2.45, 2.75) is 26.0 Å². The van der Waals surface area contributed by atoms with Gasteiger partial charge in [0.1, 0.15) is 0 Å². The van der Waals surface area contributed by atoms with Gasteiger partial charge in [-0.25, -0.2) is 0 Å². The molecule has 2 atom stereocenters. The number of aliphatic hydroxyl groups is 1. The lowest BCUT2D eigenvalue weighted by Crippen LogP contribution is -2.24. The zero-order chi connectivity index (χ0) is 12.3. The van der Waals surface area contributed by atoms with E-state index >= 15 is 0 Å². The monoisotopic (exact) mass is 236 g/mol. The fourth-order valence-corrected chi connectivity index (χ4v) is 2.28. The van der Waals surface area contributed by atoms with Crippen molar-refractivity contribution in [2.75, 3.05) is 18.5 Å². The van der Waals surface area contributed by atoms with Gasteiger partial charge in [-0.1, -0.05) is 0 Å². The number of anilines is 1. The van der Waals surface area contributed by atoms with Crippen LogP contribution in [0.4, 0.5) is 5.69 Å². The van der Waals surface area contributed by atoms with Crippen LogP contribution < -0.4 is 11.3 Å². The van der Waals surface area contributed by atoms with Gasteiger partial charge in [0.15, 0.2) is 0 Å². The fourth-order valence-electron chi connectivity index (χ4n) is 2.28. The minimum atomic E-state index is -0.218. The number of aliphatic hydroxyl groups excluding tert-OH is 1. The van der Waals surface area contributed by atoms with Gasteiger partial charge in [0.05, 0.1) is 17.5 Å². The molecule has 2 unspecified atom stereocenters. The molecule has 0 saturated carbocycles. The quantitative estimate of drug-likeness (QED) is 0.526. The second-order valence-electron chi connectivity index (χ2n) is 4.70. The van der Waals surface area contributed by atoms with Crippen molar-refractivity contribution in [1.29, 1.82) is 0 Å². The predicted molar refractivity (Wildman–Crippen MR) is 67.1 cm³/mol. The van der Waals surface area contributed by atoms with E-state index in [1.807, 2.05) is 19.1 Å². The largest absolute Gasteiger partial charge is 0.393 e. The highest BCUT2D eigenvalue weighted by molar-refractivity contribution is 5.41. The molecule has 5 nitrogen and oxygen atoms in total. The van der Waals surface area contributed by atoms with Crippen LogP contribution in [0.5, 0.6) is 0 Å². The third-order valence-corrected chi connectivity index (χ3v) is 3.36. The second kappa shape index (κ2) is 5.44. The highest BCUT2D eigenvalue weighted by Crippen LogP contribution is 2.21. The van der Waals surface area contributed by atoms with E-state index in [9.17, 15) is 5.11 Å². The Morgan fingerprint density at radius 3 is 3.18 bits per heavy atom. The van der Waals surface area contributed by atoms with Crippen molar-refractivity contribution in [3.05, 3.63) is 24.0 Å². The lowest BCUT2D eigenvalue weighted by molar-refractivity contribution is 0.127. The third-order valence-electron chi connectivity index (χ3n) is 3.36. The van der Waals surface area contributed by atoms with Gasteiger partial charge in [-0.2, -0.15) is 0 Å². The molecule has 1 aromatic heterocycles. The first kappa shape index (κ1) is 12.3. The maximum atomic E-state index is 9.55. The van der Waals surface area contributed by atoms with Gasteiger partial charge in [-0.15, -0.1) is 0 Å². The van der Waals surface area contributed by atoms with Crippen LogP contribution in [0.15, 0.2) is 18.3 Å². The number of rotatable bonds is 4. The third kappa shape index (κ3) is 3.15. The molecule has 0 spiro atoms. The Kier molecular flexibility index (Phi) is 3.93. The summed E-state index contributed by atoms with van der Waals surface area (Å²) in [7, 11) is 0. The number of likely N-dealkylation sites (tertiary alicyclic amines) is 1. The summed E-state index contributed by atoms with van der Waals surface area (Å²) in [5.74, 6) is 5.76. The number of hydrogen-bond acceptors (Lipinski definition) is 5. The molecule has 4 N–H and O–H groups in total. The standard InChI is InChI=1S/C12H20N4O/c1-9(17)10-3-5-16(7-10)8-12-6-11(15-13)2-4-14-12/h2,4,6,9-10,17H,3,5,7-8,13H2,1H3,(H,14,15). The van der Waals surface area contributed by atoms with Crippen molar-refractivity contribution in [1.82, 2.24) is 9.88 Å². The molecule has 0 amide bonds. The maximum Gasteiger partial charge on any atom is 0.0564 e. The predicted octanol–water partition coefficient (Wildman–Crippen LogP) is 0.570. The van der Waals surface area contributed by atoms with Crippen LogP contribution in [0.1, 0.15) is 19.0 Å². The van der Waals surface area contributed by atoms with Crippen LogP contribution in [0.25, 0.3) is 0 Å². The number of aromatic nitrogens is 1. The minimum absolute atomic E-state index is 0.218. The summed E-state index contributed by atoms with van der Waals surface area (Å²) in [6.45, 7) is 4.65. The first-order valence-electron chi connectivity index (χ1n) is 6.01. The zero-order valence-corrected chi connectivity index (χ0v) is 10.1. The highest BCUT2D eigenvalue weighted by Gasteiger charge is 2.25. The first-order chi connectivity index (χ1) is 8.19. The van der Waals surface area contributed by atoms with Gasteiger partial charge >= 0.3 is 0 Å². The second-order valence-corrected chi connectivity index (χ2v) is 4.70. The van der Waals surface area contributed by atoms with Gasteiger partial charge < -0.3 is 10.5 Å². The van der Waals surface area contributed by atoms with E-state index in [1.165, 1.54) is 0 Å². The lowest BCUT2D eigenvalue weighted by atomic mass is 10.0. The average Bonchev–Trinajstić information content (AvgIpc) is 2.78. The normalized spacial score (nSPS) is 22.6. The van der Waals surface area contributed by atoms with Gasteiger partial charge in [-0.3, -0.25) is 15.7 Å². The van der Waals surface area contributed by atoms with Crippen LogP contribution in [0.2, 0.25) is 0 Å². The number of nitrogen functional groups attached to an aromatic ring is 1. The first-order valence-corrected chi connectivity index (χ1v) is 6.01. The van der Waals surface area contributed by atoms with Crippen LogP contribution in [-0.4, -0.2) is 34.2 Å². The summed E-state index contributed by atoms with van der Waals surface area (Å²) >= 11 is 0. The number of pyridine rings is 1. The molecule has 1 fully saturated rings. The van der Waals surface area contributed by atoms with E-state index in [0.717, 1.165) is 37.4 Å². The van der Waals surface area contributed by atoms with E-state index in [4.69, 9.17) is 5.84 Å². The average molecular weight is 236 g/mol. The molecule has 0 radical (unpaired) electrons. The Bertz CT molecular complexity index is 369. The summed E-state index contributed by atoms with van der Waals surface area (Å²) in [5, 5.41) is 9.55. The molecular formula is C12H20N4O. The van der Waals surface area contributed by atoms with Crippen molar-refractivity contribution in [2.24, 2.45) is 11.8 Å². The summed E-state index contributed by atoms with van der Waals surface area (Å²) in [5.41, 5.74) is 4.50. The Hall–Kier alpha value is -1.17. The summed E-state index contributed by atoms with van der Waals surface area (Å²) in [4.78, 5) is 6.64. The molecule has 1 saturated heterocycles. The molecular weight excluding hydrogens is 216 g/mol. The molecule has 17 heavy (non-hydrogen) atoms. The van der Waals surface area contributed by atoms with Crippen LogP contribution >= 0.6 is 0 Å². The maximum absolute atomic E-state index is 9.55. The van der Waals surface area contributed by atoms with Crippen molar-refractivity contribution in [3.63, 3.8) is 0 Å². The van der Waals surface area contributed by atoms with Crippen LogP contribution in [0.3, 0.4) is 0 Å². The number of nitrogens with two attached hydrogens (primary N) is 1. The van der Waals surface area contributed by atoms with Crippen LogP contribution in [-0.2, 0) is 6.54 Å². The fraction of sp³-hybridized carbons (Fsp3) is 0.583. The molecule has 94 valence electrons. The van der Waals surface area contributed by atoms with E-state index in [2.05, 4.69) is 15.3 Å². The molecule has 2 rings (SSSR count). The van der Waals surface area contributed by atoms with E-state index in [0.29, 0.717) is 5.92 Å². The Morgan fingerprint density at radius 1 is 1.71 bits per heavy atom. The number of nitrogens with zero attached hydrogens (tertiary/aromatic N) is 2. The Morgan fingerprint density at radius 2 is 2.53 bits per heavy atom. The molecule has 1 aliphatic heterocycles. The number of hydrazine groups is 1. The Labute approximate surface area is 102 Å². The van der Waals surface area contributed by atoms with E-state index in [1.54, 1.807) is 6.20 Å². The minimum Gasteiger partial charge on any atom is -0.393 e. The van der Waals surface area contributed by atoms with Crippen molar-refractivity contribution < 1.29 is 5.11 Å². The molecule has 0 bridgehead atoms. The molecule has 1 aliphatic rings. The number of nitrogens with one attached hydrogen (secondary N) is 1. The summed E-state index contributed by atoms with van der Waals surface area (Å²) in [6, 6.07) is 3.79.